The summed E-state index contributed by atoms with van der Waals surface area (Å²) in [6.07, 6.45) is 1.78. The van der Waals surface area contributed by atoms with Crippen LogP contribution in [-0.4, -0.2) is 45.2 Å². The summed E-state index contributed by atoms with van der Waals surface area (Å²) in [7, 11) is -1.67. The third-order valence-electron chi connectivity index (χ3n) is 4.65. The van der Waals surface area contributed by atoms with Crippen LogP contribution in [-0.2, 0) is 10.0 Å². The molecule has 0 aromatic heterocycles. The molecule has 1 aromatic carbocycles. The molecule has 0 spiro atoms. The first-order valence-electron chi connectivity index (χ1n) is 8.36. The third-order valence-corrected chi connectivity index (χ3v) is 6.69. The molecule has 1 N–H and O–H groups in total. The van der Waals surface area contributed by atoms with Crippen LogP contribution in [0.25, 0.3) is 0 Å². The van der Waals surface area contributed by atoms with Gasteiger partial charge in [-0.1, -0.05) is 44.9 Å². The molecule has 1 heterocycles. The van der Waals surface area contributed by atoms with Crippen LogP contribution in [0.1, 0.15) is 38.3 Å². The van der Waals surface area contributed by atoms with Crippen molar-refractivity contribution >= 4 is 10.0 Å². The van der Waals surface area contributed by atoms with E-state index in [0.29, 0.717) is 19.6 Å². The lowest BCUT2D eigenvalue weighted by Gasteiger charge is -2.36. The van der Waals surface area contributed by atoms with Crippen molar-refractivity contribution in [2.24, 2.45) is 5.92 Å². The van der Waals surface area contributed by atoms with Crippen molar-refractivity contribution < 1.29 is 13.2 Å². The van der Waals surface area contributed by atoms with Gasteiger partial charge in [0.15, 0.2) is 0 Å². The number of benzene rings is 1. The van der Waals surface area contributed by atoms with Gasteiger partial charge in [-0.2, -0.15) is 4.31 Å². The Morgan fingerprint density at radius 2 is 2.00 bits per heavy atom. The molecule has 1 fully saturated rings. The average Bonchev–Trinajstić information content (AvgIpc) is 2.59. The Morgan fingerprint density at radius 1 is 1.30 bits per heavy atom. The van der Waals surface area contributed by atoms with Crippen molar-refractivity contribution in [3.05, 3.63) is 29.8 Å². The van der Waals surface area contributed by atoms with Gasteiger partial charge in [-0.15, -0.1) is 0 Å². The fourth-order valence-electron chi connectivity index (χ4n) is 3.14. The van der Waals surface area contributed by atoms with Gasteiger partial charge in [0.25, 0.3) is 0 Å². The van der Waals surface area contributed by atoms with E-state index in [9.17, 15) is 8.42 Å². The number of ether oxygens (including phenoxy) is 1. The fourth-order valence-corrected chi connectivity index (χ4v) is 5.35. The second kappa shape index (κ2) is 8.13. The van der Waals surface area contributed by atoms with Crippen LogP contribution >= 0.6 is 0 Å². The molecule has 1 aliphatic rings. The summed E-state index contributed by atoms with van der Waals surface area (Å²) in [5.74, 6) is 1.18. The van der Waals surface area contributed by atoms with E-state index in [1.807, 2.05) is 24.3 Å². The van der Waals surface area contributed by atoms with Gasteiger partial charge in [-0.25, -0.2) is 8.42 Å². The van der Waals surface area contributed by atoms with E-state index >= 15 is 0 Å². The predicted octanol–water partition coefficient (Wildman–Crippen LogP) is 2.41. The quantitative estimate of drug-likeness (QED) is 0.828. The zero-order valence-corrected chi connectivity index (χ0v) is 15.1. The summed E-state index contributed by atoms with van der Waals surface area (Å²) in [5, 5.41) is 3.31. The largest absolute Gasteiger partial charge is 0.496 e. The highest BCUT2D eigenvalue weighted by Crippen LogP contribution is 2.32. The van der Waals surface area contributed by atoms with Crippen molar-refractivity contribution in [1.82, 2.24) is 9.62 Å². The number of rotatable bonds is 7. The summed E-state index contributed by atoms with van der Waals surface area (Å²) >= 11 is 0. The Balaban J connectivity index is 2.31. The Kier molecular flexibility index (Phi) is 6.44. The van der Waals surface area contributed by atoms with Gasteiger partial charge in [0.05, 0.1) is 18.9 Å². The Morgan fingerprint density at radius 3 is 2.65 bits per heavy atom. The standard InChI is InChI=1S/C17H28N2O3S/c1-4-14(5-2)13-23(20,21)19-11-10-18-12-16(19)15-8-6-7-9-17(15)22-3/h6-9,14,16,18H,4-5,10-13H2,1-3H3. The summed E-state index contributed by atoms with van der Waals surface area (Å²) in [6, 6.07) is 7.46. The van der Waals surface area contributed by atoms with Gasteiger partial charge < -0.3 is 10.1 Å². The first-order chi connectivity index (χ1) is 11.0. The summed E-state index contributed by atoms with van der Waals surface area (Å²) < 4.78 is 33.0. The molecular weight excluding hydrogens is 312 g/mol. The van der Waals surface area contributed by atoms with E-state index in [1.54, 1.807) is 11.4 Å². The lowest BCUT2D eigenvalue weighted by Crippen LogP contribution is -2.49. The number of nitrogens with one attached hydrogen (secondary N) is 1. The van der Waals surface area contributed by atoms with Gasteiger partial charge >= 0.3 is 0 Å². The summed E-state index contributed by atoms with van der Waals surface area (Å²) in [5.41, 5.74) is 0.926. The lowest BCUT2D eigenvalue weighted by atomic mass is 10.0. The Hall–Kier alpha value is -1.11. The SMILES string of the molecule is CCC(CC)CS(=O)(=O)N1CCNCC1c1ccccc1OC. The monoisotopic (exact) mass is 340 g/mol. The minimum Gasteiger partial charge on any atom is -0.496 e. The zero-order chi connectivity index (χ0) is 16.9. The molecule has 0 saturated carbocycles. The predicted molar refractivity (Wildman–Crippen MR) is 93.2 cm³/mol. The number of methoxy groups -OCH3 is 1. The minimum absolute atomic E-state index is 0.209. The second-order valence-corrected chi connectivity index (χ2v) is 8.00. The van der Waals surface area contributed by atoms with Crippen molar-refractivity contribution in [1.29, 1.82) is 0 Å². The van der Waals surface area contributed by atoms with E-state index in [2.05, 4.69) is 19.2 Å². The molecule has 6 heteroatoms. The van der Waals surface area contributed by atoms with Crippen molar-refractivity contribution in [2.75, 3.05) is 32.5 Å². The number of hydrogen-bond acceptors (Lipinski definition) is 4. The molecule has 1 aromatic rings. The van der Waals surface area contributed by atoms with Crippen LogP contribution in [0.4, 0.5) is 0 Å². The van der Waals surface area contributed by atoms with Gasteiger partial charge in [-0.05, 0) is 12.0 Å². The molecule has 1 saturated heterocycles. The smallest absolute Gasteiger partial charge is 0.215 e. The first-order valence-corrected chi connectivity index (χ1v) is 9.97. The molecule has 1 atom stereocenters. The number of para-hydroxylation sites is 1. The van der Waals surface area contributed by atoms with Gasteiger partial charge in [0.2, 0.25) is 10.0 Å². The van der Waals surface area contributed by atoms with Crippen molar-refractivity contribution in [3.8, 4) is 5.75 Å². The highest BCUT2D eigenvalue weighted by Gasteiger charge is 2.35. The van der Waals surface area contributed by atoms with E-state index in [4.69, 9.17) is 4.74 Å². The van der Waals surface area contributed by atoms with E-state index < -0.39 is 10.0 Å². The van der Waals surface area contributed by atoms with Crippen molar-refractivity contribution in [3.63, 3.8) is 0 Å². The molecule has 1 aliphatic heterocycles. The Bertz CT molecular complexity index is 600. The molecule has 130 valence electrons. The van der Waals surface area contributed by atoms with Crippen LogP contribution in [0, 0.1) is 5.92 Å². The van der Waals surface area contributed by atoms with Crippen LogP contribution in [0.5, 0.6) is 5.75 Å². The molecular formula is C17H28N2O3S. The Labute approximate surface area is 140 Å². The lowest BCUT2D eigenvalue weighted by molar-refractivity contribution is 0.262. The van der Waals surface area contributed by atoms with Gasteiger partial charge in [0.1, 0.15) is 5.75 Å². The molecule has 0 amide bonds. The van der Waals surface area contributed by atoms with E-state index in [1.165, 1.54) is 0 Å². The maximum Gasteiger partial charge on any atom is 0.215 e. The summed E-state index contributed by atoms with van der Waals surface area (Å²) in [4.78, 5) is 0. The number of piperazine rings is 1. The number of nitrogens with zero attached hydrogens (tertiary/aromatic N) is 1. The summed E-state index contributed by atoms with van der Waals surface area (Å²) in [6.45, 7) is 5.92. The number of hydrogen-bond donors (Lipinski definition) is 1. The first kappa shape index (κ1) is 18.2. The number of sulfonamides is 1. The molecule has 1 unspecified atom stereocenters. The van der Waals surface area contributed by atoms with Gasteiger partial charge in [0, 0.05) is 25.2 Å². The highest BCUT2D eigenvalue weighted by molar-refractivity contribution is 7.89. The molecule has 23 heavy (non-hydrogen) atoms. The molecule has 0 bridgehead atoms. The minimum atomic E-state index is -3.29. The molecule has 0 radical (unpaired) electrons. The maximum atomic E-state index is 13.0. The molecule has 2 rings (SSSR count). The average molecular weight is 340 g/mol. The van der Waals surface area contributed by atoms with Crippen LogP contribution < -0.4 is 10.1 Å². The van der Waals surface area contributed by atoms with Crippen molar-refractivity contribution in [2.45, 2.75) is 32.7 Å². The van der Waals surface area contributed by atoms with E-state index in [0.717, 1.165) is 24.2 Å². The second-order valence-electron chi connectivity index (χ2n) is 6.03. The van der Waals surface area contributed by atoms with Crippen LogP contribution in [0.3, 0.4) is 0 Å². The zero-order valence-electron chi connectivity index (χ0n) is 14.3. The van der Waals surface area contributed by atoms with Crippen LogP contribution in [0.2, 0.25) is 0 Å². The third kappa shape index (κ3) is 4.25. The topological polar surface area (TPSA) is 58.6 Å². The highest BCUT2D eigenvalue weighted by atomic mass is 32.2. The maximum absolute atomic E-state index is 13.0. The van der Waals surface area contributed by atoms with Crippen LogP contribution in [0.15, 0.2) is 24.3 Å². The molecule has 0 aliphatic carbocycles. The van der Waals surface area contributed by atoms with Gasteiger partial charge in [-0.3, -0.25) is 0 Å². The normalized spacial score (nSPS) is 19.9. The molecule has 5 nitrogen and oxygen atoms in total. The van der Waals surface area contributed by atoms with E-state index in [-0.39, 0.29) is 17.7 Å². The fraction of sp³-hybridized carbons (Fsp3) is 0.647.